The van der Waals surface area contributed by atoms with Crippen molar-refractivity contribution >= 4 is 0 Å². The summed E-state index contributed by atoms with van der Waals surface area (Å²) in [5.41, 5.74) is 0.306. The number of aliphatic hydroxyl groups excluding tert-OH is 1. The Morgan fingerprint density at radius 1 is 1.25 bits per heavy atom. The quantitative estimate of drug-likeness (QED) is 0.697. The average Bonchev–Trinajstić information content (AvgIpc) is 2.83. The van der Waals surface area contributed by atoms with Crippen molar-refractivity contribution in [3.63, 3.8) is 0 Å². The van der Waals surface area contributed by atoms with Crippen molar-refractivity contribution in [3.8, 4) is 0 Å². The van der Waals surface area contributed by atoms with Crippen molar-refractivity contribution in [1.82, 2.24) is 5.32 Å². The van der Waals surface area contributed by atoms with E-state index < -0.39 is 0 Å². The second-order valence-corrected chi connectivity index (χ2v) is 6.03. The highest BCUT2D eigenvalue weighted by atomic mass is 16.3. The zero-order chi connectivity index (χ0) is 11.0. The molecule has 3 aliphatic rings. The van der Waals surface area contributed by atoms with Crippen molar-refractivity contribution in [2.45, 2.75) is 44.1 Å². The highest BCUT2D eigenvalue weighted by molar-refractivity contribution is 5.11. The van der Waals surface area contributed by atoms with Crippen LogP contribution in [0.5, 0.6) is 0 Å². The van der Waals surface area contributed by atoms with Crippen molar-refractivity contribution in [2.24, 2.45) is 17.8 Å². The molecule has 2 heteroatoms. The van der Waals surface area contributed by atoms with Crippen LogP contribution in [0.2, 0.25) is 0 Å². The predicted molar refractivity (Wildman–Crippen MR) is 65.1 cm³/mol. The molecular formula is C14H23NO. The van der Waals surface area contributed by atoms with Gasteiger partial charge in [0.1, 0.15) is 0 Å². The van der Waals surface area contributed by atoms with E-state index in [2.05, 4.69) is 17.5 Å². The lowest BCUT2D eigenvalue weighted by Crippen LogP contribution is -2.53. The van der Waals surface area contributed by atoms with Crippen LogP contribution in [-0.2, 0) is 0 Å². The maximum atomic E-state index is 9.11. The van der Waals surface area contributed by atoms with Crippen LogP contribution >= 0.6 is 0 Å². The number of aliphatic hydroxyl groups is 1. The number of nitrogens with one attached hydrogen (secondary N) is 1. The topological polar surface area (TPSA) is 32.3 Å². The average molecular weight is 221 g/mol. The van der Waals surface area contributed by atoms with Crippen LogP contribution in [0.4, 0.5) is 0 Å². The van der Waals surface area contributed by atoms with Gasteiger partial charge >= 0.3 is 0 Å². The molecule has 16 heavy (non-hydrogen) atoms. The summed E-state index contributed by atoms with van der Waals surface area (Å²) in [6, 6.07) is 0. The molecule has 2 saturated carbocycles. The second kappa shape index (κ2) is 4.15. The van der Waals surface area contributed by atoms with E-state index in [0.29, 0.717) is 12.1 Å². The van der Waals surface area contributed by atoms with Crippen LogP contribution in [0.15, 0.2) is 12.2 Å². The molecule has 2 N–H and O–H groups in total. The molecule has 3 atom stereocenters. The molecule has 90 valence electrons. The third-order valence-electron chi connectivity index (χ3n) is 5.06. The molecule has 3 unspecified atom stereocenters. The minimum absolute atomic E-state index is 0.306. The largest absolute Gasteiger partial charge is 0.396 e. The lowest BCUT2D eigenvalue weighted by Gasteiger charge is -2.43. The summed E-state index contributed by atoms with van der Waals surface area (Å²) in [6.07, 6.45) is 12.5. The lowest BCUT2D eigenvalue weighted by atomic mass is 9.74. The first-order valence-corrected chi connectivity index (χ1v) is 6.86. The highest BCUT2D eigenvalue weighted by Crippen LogP contribution is 2.44. The highest BCUT2D eigenvalue weighted by Gasteiger charge is 2.39. The molecule has 0 aliphatic heterocycles. The number of rotatable bonds is 5. The molecule has 2 nitrogen and oxygen atoms in total. The molecule has 0 aromatic carbocycles. The van der Waals surface area contributed by atoms with Gasteiger partial charge in [0.15, 0.2) is 0 Å². The van der Waals surface area contributed by atoms with E-state index in [4.69, 9.17) is 5.11 Å². The van der Waals surface area contributed by atoms with Crippen LogP contribution in [0, 0.1) is 17.8 Å². The predicted octanol–water partition coefficient (Wildman–Crippen LogP) is 2.09. The third-order valence-corrected chi connectivity index (χ3v) is 5.06. The minimum atomic E-state index is 0.306. The lowest BCUT2D eigenvalue weighted by molar-refractivity contribution is 0.123. The van der Waals surface area contributed by atoms with Gasteiger partial charge in [-0.15, -0.1) is 0 Å². The molecule has 0 spiro atoms. The van der Waals surface area contributed by atoms with Crippen molar-refractivity contribution < 1.29 is 5.11 Å². The van der Waals surface area contributed by atoms with Gasteiger partial charge in [0.2, 0.25) is 0 Å². The van der Waals surface area contributed by atoms with E-state index in [0.717, 1.165) is 24.2 Å². The smallest absolute Gasteiger partial charge is 0.0448 e. The summed E-state index contributed by atoms with van der Waals surface area (Å²) in [4.78, 5) is 0. The molecule has 0 aromatic heterocycles. The number of allylic oxidation sites excluding steroid dienone is 2. The Balaban J connectivity index is 1.50. The number of hydrogen-bond donors (Lipinski definition) is 2. The van der Waals surface area contributed by atoms with Gasteiger partial charge in [-0.1, -0.05) is 12.2 Å². The van der Waals surface area contributed by atoms with E-state index in [1.807, 2.05) is 0 Å². The molecule has 0 aromatic rings. The Labute approximate surface area is 98.1 Å². The third kappa shape index (κ3) is 1.82. The van der Waals surface area contributed by atoms with Gasteiger partial charge < -0.3 is 10.4 Å². The first-order valence-electron chi connectivity index (χ1n) is 6.86. The summed E-state index contributed by atoms with van der Waals surface area (Å²) in [6.45, 7) is 1.51. The summed E-state index contributed by atoms with van der Waals surface area (Å²) in [5, 5.41) is 12.9. The molecule has 3 rings (SSSR count). The molecule has 0 amide bonds. The Kier molecular flexibility index (Phi) is 2.80. The van der Waals surface area contributed by atoms with Gasteiger partial charge in [0, 0.05) is 12.1 Å². The van der Waals surface area contributed by atoms with E-state index in [1.165, 1.54) is 38.6 Å². The molecule has 0 heterocycles. The van der Waals surface area contributed by atoms with E-state index >= 15 is 0 Å². The molecule has 2 fully saturated rings. The molecule has 2 bridgehead atoms. The normalized spacial score (nSPS) is 38.9. The van der Waals surface area contributed by atoms with E-state index in [-0.39, 0.29) is 0 Å². The van der Waals surface area contributed by atoms with Gasteiger partial charge in [0.25, 0.3) is 0 Å². The van der Waals surface area contributed by atoms with Crippen LogP contribution in [0.25, 0.3) is 0 Å². The first kappa shape index (κ1) is 10.8. The number of fused-ring (bicyclic) bond motifs is 2. The first-order chi connectivity index (χ1) is 7.81. The van der Waals surface area contributed by atoms with Crippen LogP contribution in [-0.4, -0.2) is 23.8 Å². The second-order valence-electron chi connectivity index (χ2n) is 6.03. The summed E-state index contributed by atoms with van der Waals surface area (Å²) < 4.78 is 0. The molecular weight excluding hydrogens is 198 g/mol. The Hall–Kier alpha value is -0.340. The fourth-order valence-electron chi connectivity index (χ4n) is 3.81. The standard InChI is InChI=1S/C14H23NO/c16-7-6-14(4-1-5-14)15-10-13-9-11-2-3-12(13)8-11/h2-3,11-13,15-16H,1,4-10H2. The van der Waals surface area contributed by atoms with Gasteiger partial charge in [-0.25, -0.2) is 0 Å². The van der Waals surface area contributed by atoms with E-state index in [1.54, 1.807) is 0 Å². The fraction of sp³-hybridized carbons (Fsp3) is 0.857. The molecule has 0 saturated heterocycles. The van der Waals surface area contributed by atoms with Crippen molar-refractivity contribution in [3.05, 3.63) is 12.2 Å². The van der Waals surface area contributed by atoms with Gasteiger partial charge in [0.05, 0.1) is 0 Å². The maximum absolute atomic E-state index is 9.11. The Bertz CT molecular complexity index is 282. The van der Waals surface area contributed by atoms with Crippen LogP contribution < -0.4 is 5.32 Å². The van der Waals surface area contributed by atoms with E-state index in [9.17, 15) is 0 Å². The SMILES string of the molecule is OCCC1(NCC2CC3C=CC2C3)CCC1. The Morgan fingerprint density at radius 2 is 2.12 bits per heavy atom. The number of hydrogen-bond acceptors (Lipinski definition) is 2. The minimum Gasteiger partial charge on any atom is -0.396 e. The zero-order valence-electron chi connectivity index (χ0n) is 9.99. The Morgan fingerprint density at radius 3 is 2.62 bits per heavy atom. The van der Waals surface area contributed by atoms with Crippen LogP contribution in [0.3, 0.4) is 0 Å². The zero-order valence-corrected chi connectivity index (χ0v) is 9.99. The molecule has 0 radical (unpaired) electrons. The summed E-state index contributed by atoms with van der Waals surface area (Å²) >= 11 is 0. The fourth-order valence-corrected chi connectivity index (χ4v) is 3.81. The van der Waals surface area contributed by atoms with Crippen molar-refractivity contribution in [1.29, 1.82) is 0 Å². The van der Waals surface area contributed by atoms with Gasteiger partial charge in [-0.3, -0.25) is 0 Å². The monoisotopic (exact) mass is 221 g/mol. The summed E-state index contributed by atoms with van der Waals surface area (Å²) in [7, 11) is 0. The van der Waals surface area contributed by atoms with Crippen molar-refractivity contribution in [2.75, 3.05) is 13.2 Å². The molecule has 3 aliphatic carbocycles. The summed E-state index contributed by atoms with van der Waals surface area (Å²) in [5.74, 6) is 2.60. The van der Waals surface area contributed by atoms with Crippen LogP contribution in [0.1, 0.15) is 38.5 Å². The maximum Gasteiger partial charge on any atom is 0.0448 e. The van der Waals surface area contributed by atoms with Gasteiger partial charge in [-0.2, -0.15) is 0 Å². The van der Waals surface area contributed by atoms with Gasteiger partial charge in [-0.05, 0) is 62.8 Å².